The molecule has 1 saturated carbocycles. The molecular weight excluding hydrogens is 302 g/mol. The molecule has 0 radical (unpaired) electrons. The highest BCUT2D eigenvalue weighted by atomic mass is 79.9. The Balaban J connectivity index is 2.03. The van der Waals surface area contributed by atoms with E-state index in [1.807, 2.05) is 37.1 Å². The van der Waals surface area contributed by atoms with Crippen LogP contribution in [0.15, 0.2) is 22.7 Å². The van der Waals surface area contributed by atoms with E-state index in [2.05, 4.69) is 15.9 Å². The quantitative estimate of drug-likeness (QED) is 0.806. The number of rotatable bonds is 3. The van der Waals surface area contributed by atoms with Gasteiger partial charge in [-0.2, -0.15) is 0 Å². The molecule has 2 rings (SSSR count). The minimum Gasteiger partial charge on any atom is -0.341 e. The number of aryl methyl sites for hydroxylation is 1. The number of hydrogen-bond donors (Lipinski definition) is 0. The molecule has 19 heavy (non-hydrogen) atoms. The van der Waals surface area contributed by atoms with Crippen molar-refractivity contribution >= 4 is 21.8 Å². The summed E-state index contributed by atoms with van der Waals surface area (Å²) in [4.78, 5) is 14.4. The molecule has 1 amide bonds. The molecule has 2 nitrogen and oxygen atoms in total. The Morgan fingerprint density at radius 1 is 1.32 bits per heavy atom. The van der Waals surface area contributed by atoms with Gasteiger partial charge >= 0.3 is 0 Å². The Bertz CT molecular complexity index is 452. The van der Waals surface area contributed by atoms with Crippen LogP contribution in [0, 0.1) is 12.8 Å². The van der Waals surface area contributed by atoms with Gasteiger partial charge in [-0.3, -0.25) is 4.79 Å². The molecule has 0 aliphatic heterocycles. The monoisotopic (exact) mass is 323 g/mol. The highest BCUT2D eigenvalue weighted by Crippen LogP contribution is 2.25. The average Bonchev–Trinajstić information content (AvgIpc) is 2.42. The number of carbonyl (C=O) groups excluding carboxylic acids is 1. The molecule has 1 fully saturated rings. The van der Waals surface area contributed by atoms with Crippen molar-refractivity contribution in [3.8, 4) is 0 Å². The summed E-state index contributed by atoms with van der Waals surface area (Å²) in [6.45, 7) is 2.91. The lowest BCUT2D eigenvalue weighted by Crippen LogP contribution is -2.32. The summed E-state index contributed by atoms with van der Waals surface area (Å²) in [6, 6.07) is 5.93. The van der Waals surface area contributed by atoms with Gasteiger partial charge in [0.1, 0.15) is 0 Å². The fourth-order valence-electron chi connectivity index (χ4n) is 2.85. The van der Waals surface area contributed by atoms with Crippen molar-refractivity contribution in [3.05, 3.63) is 33.8 Å². The number of halogens is 1. The molecule has 1 aromatic rings. The first kappa shape index (κ1) is 14.6. The SMILES string of the molecule is Cc1ccc(Br)c(C(=O)N(C)CC2CCCCC2)c1. The van der Waals surface area contributed by atoms with Gasteiger partial charge in [0.25, 0.3) is 5.91 Å². The largest absolute Gasteiger partial charge is 0.341 e. The molecule has 0 saturated heterocycles. The maximum absolute atomic E-state index is 12.5. The molecule has 3 heteroatoms. The van der Waals surface area contributed by atoms with Gasteiger partial charge in [0.15, 0.2) is 0 Å². The summed E-state index contributed by atoms with van der Waals surface area (Å²) in [5.74, 6) is 0.812. The molecule has 1 aliphatic carbocycles. The molecule has 1 aromatic carbocycles. The number of amides is 1. The summed E-state index contributed by atoms with van der Waals surface area (Å²) in [5, 5.41) is 0. The molecule has 0 N–H and O–H groups in total. The lowest BCUT2D eigenvalue weighted by Gasteiger charge is -2.27. The molecule has 0 heterocycles. The third kappa shape index (κ3) is 3.82. The first-order chi connectivity index (χ1) is 9.08. The van der Waals surface area contributed by atoms with Crippen molar-refractivity contribution in [2.24, 2.45) is 5.92 Å². The Labute approximate surface area is 124 Å². The van der Waals surface area contributed by atoms with E-state index < -0.39 is 0 Å². The number of carbonyl (C=O) groups is 1. The van der Waals surface area contributed by atoms with Gasteiger partial charge in [-0.05, 0) is 53.7 Å². The summed E-state index contributed by atoms with van der Waals surface area (Å²) < 4.78 is 0.888. The lowest BCUT2D eigenvalue weighted by atomic mass is 9.89. The second-order valence-corrected chi connectivity index (χ2v) is 6.53. The Kier molecular flexibility index (Phi) is 5.03. The minimum atomic E-state index is 0.126. The van der Waals surface area contributed by atoms with Gasteiger partial charge in [-0.25, -0.2) is 0 Å². The van der Waals surface area contributed by atoms with E-state index in [1.165, 1.54) is 32.1 Å². The van der Waals surface area contributed by atoms with Crippen molar-refractivity contribution in [2.45, 2.75) is 39.0 Å². The molecular formula is C16H22BrNO. The normalized spacial score (nSPS) is 16.4. The van der Waals surface area contributed by atoms with Gasteiger partial charge in [0, 0.05) is 18.1 Å². The highest BCUT2D eigenvalue weighted by Gasteiger charge is 2.20. The fourth-order valence-corrected chi connectivity index (χ4v) is 3.26. The molecule has 0 spiro atoms. The molecule has 104 valence electrons. The Hall–Kier alpha value is -0.830. The second-order valence-electron chi connectivity index (χ2n) is 5.67. The summed E-state index contributed by atoms with van der Waals surface area (Å²) in [6.07, 6.45) is 6.54. The van der Waals surface area contributed by atoms with Gasteiger partial charge in [-0.15, -0.1) is 0 Å². The predicted octanol–water partition coefficient (Wildman–Crippen LogP) is 4.41. The van der Waals surface area contributed by atoms with Crippen molar-refractivity contribution in [2.75, 3.05) is 13.6 Å². The van der Waals surface area contributed by atoms with Crippen LogP contribution in [0.2, 0.25) is 0 Å². The second kappa shape index (κ2) is 6.56. The van der Waals surface area contributed by atoms with E-state index in [4.69, 9.17) is 0 Å². The number of hydrogen-bond acceptors (Lipinski definition) is 1. The van der Waals surface area contributed by atoms with Crippen molar-refractivity contribution in [1.82, 2.24) is 4.90 Å². The summed E-state index contributed by atoms with van der Waals surface area (Å²) in [7, 11) is 1.92. The summed E-state index contributed by atoms with van der Waals surface area (Å²) in [5.41, 5.74) is 1.90. The van der Waals surface area contributed by atoms with Crippen LogP contribution < -0.4 is 0 Å². The van der Waals surface area contributed by atoms with E-state index in [1.54, 1.807) is 0 Å². The first-order valence-electron chi connectivity index (χ1n) is 7.09. The fraction of sp³-hybridized carbons (Fsp3) is 0.562. The molecule has 0 atom stereocenters. The highest BCUT2D eigenvalue weighted by molar-refractivity contribution is 9.10. The summed E-state index contributed by atoms with van der Waals surface area (Å²) >= 11 is 3.48. The molecule has 1 aliphatic rings. The number of benzene rings is 1. The predicted molar refractivity (Wildman–Crippen MR) is 82.4 cm³/mol. The van der Waals surface area contributed by atoms with Crippen LogP contribution >= 0.6 is 15.9 Å². The van der Waals surface area contributed by atoms with Crippen LogP contribution in [0.25, 0.3) is 0 Å². The maximum Gasteiger partial charge on any atom is 0.254 e. The van der Waals surface area contributed by atoms with Crippen molar-refractivity contribution in [3.63, 3.8) is 0 Å². The molecule has 0 aromatic heterocycles. The van der Waals surface area contributed by atoms with E-state index in [0.717, 1.165) is 22.1 Å². The Morgan fingerprint density at radius 2 is 2.00 bits per heavy atom. The van der Waals surface area contributed by atoms with Gasteiger partial charge < -0.3 is 4.90 Å². The van der Waals surface area contributed by atoms with Gasteiger partial charge in [0.2, 0.25) is 0 Å². The lowest BCUT2D eigenvalue weighted by molar-refractivity contribution is 0.0759. The molecule has 0 bridgehead atoms. The zero-order chi connectivity index (χ0) is 13.8. The van der Waals surface area contributed by atoms with E-state index >= 15 is 0 Å². The average molecular weight is 324 g/mol. The zero-order valence-corrected chi connectivity index (χ0v) is 13.4. The van der Waals surface area contributed by atoms with Gasteiger partial charge in [-0.1, -0.05) is 30.9 Å². The smallest absolute Gasteiger partial charge is 0.254 e. The molecule has 0 unspecified atom stereocenters. The zero-order valence-electron chi connectivity index (χ0n) is 11.8. The van der Waals surface area contributed by atoms with Crippen LogP contribution in [0.3, 0.4) is 0 Å². The topological polar surface area (TPSA) is 20.3 Å². The van der Waals surface area contributed by atoms with Crippen LogP contribution in [0.5, 0.6) is 0 Å². The third-order valence-corrected chi connectivity index (χ3v) is 4.65. The maximum atomic E-state index is 12.5. The third-order valence-electron chi connectivity index (χ3n) is 3.96. The van der Waals surface area contributed by atoms with Crippen molar-refractivity contribution < 1.29 is 4.79 Å². The standard InChI is InChI=1S/C16H22BrNO/c1-12-8-9-15(17)14(10-12)16(19)18(2)11-13-6-4-3-5-7-13/h8-10,13H,3-7,11H2,1-2H3. The van der Waals surface area contributed by atoms with Crippen LogP contribution in [0.4, 0.5) is 0 Å². The van der Waals surface area contributed by atoms with Gasteiger partial charge in [0.05, 0.1) is 5.56 Å². The van der Waals surface area contributed by atoms with Crippen LogP contribution in [-0.4, -0.2) is 24.4 Å². The van der Waals surface area contributed by atoms with E-state index in [9.17, 15) is 4.79 Å². The van der Waals surface area contributed by atoms with E-state index in [-0.39, 0.29) is 5.91 Å². The first-order valence-corrected chi connectivity index (χ1v) is 7.89. The van der Waals surface area contributed by atoms with Crippen LogP contribution in [0.1, 0.15) is 48.0 Å². The number of nitrogens with zero attached hydrogens (tertiary/aromatic N) is 1. The van der Waals surface area contributed by atoms with E-state index in [0.29, 0.717) is 5.92 Å². The van der Waals surface area contributed by atoms with Crippen molar-refractivity contribution in [1.29, 1.82) is 0 Å². The Morgan fingerprint density at radius 3 is 2.68 bits per heavy atom. The minimum absolute atomic E-state index is 0.126. The van der Waals surface area contributed by atoms with Crippen LogP contribution in [-0.2, 0) is 0 Å².